The van der Waals surface area contributed by atoms with Crippen LogP contribution in [0.4, 0.5) is 0 Å². The molecular formula is C10H11Cl2NOS. The van der Waals surface area contributed by atoms with E-state index in [1.54, 1.807) is 6.07 Å². The first-order chi connectivity index (χ1) is 7.16. The van der Waals surface area contributed by atoms with E-state index in [9.17, 15) is 4.21 Å². The molecule has 0 spiro atoms. The molecule has 1 aromatic rings. The van der Waals surface area contributed by atoms with Gasteiger partial charge in [-0.25, -0.2) is 0 Å². The lowest BCUT2D eigenvalue weighted by Gasteiger charge is -2.23. The van der Waals surface area contributed by atoms with Crippen LogP contribution < -0.4 is 5.32 Å². The SMILES string of the molecule is O=S1CCNC(c2ccc(Cl)c(Cl)c2)C1. The summed E-state index contributed by atoms with van der Waals surface area (Å²) in [5, 5.41) is 4.42. The van der Waals surface area contributed by atoms with E-state index < -0.39 is 10.8 Å². The Morgan fingerprint density at radius 2 is 2.13 bits per heavy atom. The minimum atomic E-state index is -0.721. The van der Waals surface area contributed by atoms with E-state index in [1.807, 2.05) is 12.1 Å². The summed E-state index contributed by atoms with van der Waals surface area (Å²) >= 11 is 11.8. The minimum absolute atomic E-state index is 0.134. The first-order valence-electron chi connectivity index (χ1n) is 4.70. The van der Waals surface area contributed by atoms with Crippen LogP contribution in [-0.2, 0) is 10.8 Å². The molecular weight excluding hydrogens is 253 g/mol. The summed E-state index contributed by atoms with van der Waals surface area (Å²) in [6.45, 7) is 0.789. The third-order valence-electron chi connectivity index (χ3n) is 2.42. The molecule has 0 amide bonds. The molecule has 2 rings (SSSR count). The molecule has 0 aromatic heterocycles. The zero-order valence-corrected chi connectivity index (χ0v) is 10.3. The molecule has 82 valence electrons. The Morgan fingerprint density at radius 1 is 1.33 bits per heavy atom. The Labute approximate surface area is 101 Å². The molecule has 5 heteroatoms. The molecule has 1 aromatic carbocycles. The maximum Gasteiger partial charge on any atom is 0.0595 e. The Kier molecular flexibility index (Phi) is 3.67. The van der Waals surface area contributed by atoms with Gasteiger partial charge in [0.05, 0.1) is 10.0 Å². The topological polar surface area (TPSA) is 29.1 Å². The van der Waals surface area contributed by atoms with E-state index in [-0.39, 0.29) is 6.04 Å². The fourth-order valence-corrected chi connectivity index (χ4v) is 3.12. The van der Waals surface area contributed by atoms with Crippen LogP contribution in [0.15, 0.2) is 18.2 Å². The maximum absolute atomic E-state index is 11.4. The summed E-state index contributed by atoms with van der Waals surface area (Å²) in [6, 6.07) is 5.67. The van der Waals surface area contributed by atoms with Crippen LogP contribution in [0.1, 0.15) is 11.6 Å². The average Bonchev–Trinajstić information content (AvgIpc) is 2.22. The smallest absolute Gasteiger partial charge is 0.0595 e. The van der Waals surface area contributed by atoms with Crippen LogP contribution in [0.5, 0.6) is 0 Å². The normalized spacial score (nSPS) is 26.5. The van der Waals surface area contributed by atoms with Gasteiger partial charge in [0, 0.05) is 34.9 Å². The van der Waals surface area contributed by atoms with Gasteiger partial charge in [0.1, 0.15) is 0 Å². The zero-order valence-electron chi connectivity index (χ0n) is 8.00. The highest BCUT2D eigenvalue weighted by Crippen LogP contribution is 2.26. The quantitative estimate of drug-likeness (QED) is 0.843. The van der Waals surface area contributed by atoms with Crippen LogP contribution in [0, 0.1) is 0 Å². The van der Waals surface area contributed by atoms with Crippen molar-refractivity contribution in [2.45, 2.75) is 6.04 Å². The standard InChI is InChI=1S/C10H11Cl2NOS/c11-8-2-1-7(5-9(8)12)10-6-15(14)4-3-13-10/h1-2,5,10,13H,3-4,6H2. The van der Waals surface area contributed by atoms with Gasteiger partial charge in [-0.2, -0.15) is 0 Å². The van der Waals surface area contributed by atoms with Gasteiger partial charge < -0.3 is 5.32 Å². The van der Waals surface area contributed by atoms with E-state index in [0.717, 1.165) is 17.9 Å². The van der Waals surface area contributed by atoms with Crippen molar-refractivity contribution < 1.29 is 4.21 Å². The molecule has 2 unspecified atom stereocenters. The van der Waals surface area contributed by atoms with E-state index in [0.29, 0.717) is 15.8 Å². The number of nitrogens with one attached hydrogen (secondary N) is 1. The second-order valence-corrected chi connectivity index (χ2v) is 5.93. The Balaban J connectivity index is 2.21. The van der Waals surface area contributed by atoms with Crippen molar-refractivity contribution in [3.8, 4) is 0 Å². The number of benzene rings is 1. The van der Waals surface area contributed by atoms with Gasteiger partial charge in [-0.15, -0.1) is 0 Å². The molecule has 1 fully saturated rings. The van der Waals surface area contributed by atoms with E-state index in [2.05, 4.69) is 5.32 Å². The van der Waals surface area contributed by atoms with Crippen LogP contribution >= 0.6 is 23.2 Å². The number of halogens is 2. The van der Waals surface area contributed by atoms with Crippen molar-refractivity contribution in [3.63, 3.8) is 0 Å². The summed E-state index contributed by atoms with van der Waals surface area (Å²) < 4.78 is 11.4. The minimum Gasteiger partial charge on any atom is -0.308 e. The molecule has 1 aliphatic heterocycles. The number of rotatable bonds is 1. The van der Waals surface area contributed by atoms with Crippen molar-refractivity contribution >= 4 is 34.0 Å². The Morgan fingerprint density at radius 3 is 2.80 bits per heavy atom. The van der Waals surface area contributed by atoms with Crippen molar-refractivity contribution in [1.29, 1.82) is 0 Å². The third kappa shape index (κ3) is 2.72. The zero-order chi connectivity index (χ0) is 10.8. The largest absolute Gasteiger partial charge is 0.308 e. The summed E-state index contributed by atoms with van der Waals surface area (Å²) in [5.41, 5.74) is 1.05. The summed E-state index contributed by atoms with van der Waals surface area (Å²) in [7, 11) is -0.721. The predicted octanol–water partition coefficient (Wildman–Crippen LogP) is 2.39. The van der Waals surface area contributed by atoms with Crippen molar-refractivity contribution in [2.75, 3.05) is 18.1 Å². The molecule has 1 saturated heterocycles. The number of hydrogen-bond acceptors (Lipinski definition) is 2. The second-order valence-electron chi connectivity index (χ2n) is 3.49. The molecule has 1 aliphatic rings. The third-order valence-corrected chi connectivity index (χ3v) is 4.52. The molecule has 1 heterocycles. The van der Waals surface area contributed by atoms with Crippen molar-refractivity contribution in [1.82, 2.24) is 5.32 Å². The van der Waals surface area contributed by atoms with E-state index in [4.69, 9.17) is 23.2 Å². The van der Waals surface area contributed by atoms with Gasteiger partial charge in [0.25, 0.3) is 0 Å². The maximum atomic E-state index is 11.4. The highest BCUT2D eigenvalue weighted by molar-refractivity contribution is 7.85. The van der Waals surface area contributed by atoms with Crippen LogP contribution in [0.3, 0.4) is 0 Å². The van der Waals surface area contributed by atoms with Gasteiger partial charge in [0.15, 0.2) is 0 Å². The summed E-state index contributed by atoms with van der Waals surface area (Å²) in [5.74, 6) is 1.38. The van der Waals surface area contributed by atoms with Crippen LogP contribution in [0.2, 0.25) is 10.0 Å². The van der Waals surface area contributed by atoms with Crippen molar-refractivity contribution in [3.05, 3.63) is 33.8 Å². The second kappa shape index (κ2) is 4.83. The fraction of sp³-hybridized carbons (Fsp3) is 0.400. The molecule has 0 bridgehead atoms. The van der Waals surface area contributed by atoms with Gasteiger partial charge >= 0.3 is 0 Å². The molecule has 1 N–H and O–H groups in total. The van der Waals surface area contributed by atoms with Gasteiger partial charge in [-0.1, -0.05) is 29.3 Å². The predicted molar refractivity (Wildman–Crippen MR) is 65.1 cm³/mol. The van der Waals surface area contributed by atoms with Crippen molar-refractivity contribution in [2.24, 2.45) is 0 Å². The van der Waals surface area contributed by atoms with Gasteiger partial charge in [-0.3, -0.25) is 4.21 Å². The van der Waals surface area contributed by atoms with Crippen LogP contribution in [-0.4, -0.2) is 22.3 Å². The van der Waals surface area contributed by atoms with Crippen LogP contribution in [0.25, 0.3) is 0 Å². The molecule has 0 saturated carbocycles. The first kappa shape index (κ1) is 11.4. The molecule has 2 nitrogen and oxygen atoms in total. The summed E-state index contributed by atoms with van der Waals surface area (Å²) in [4.78, 5) is 0. The molecule has 15 heavy (non-hydrogen) atoms. The molecule has 0 aliphatic carbocycles. The average molecular weight is 264 g/mol. The lowest BCUT2D eigenvalue weighted by atomic mass is 10.1. The lowest BCUT2D eigenvalue weighted by molar-refractivity contribution is 0.572. The Bertz CT molecular complexity index is 397. The monoisotopic (exact) mass is 263 g/mol. The Hall–Kier alpha value is -0.0900. The summed E-state index contributed by atoms with van der Waals surface area (Å²) in [6.07, 6.45) is 0. The lowest BCUT2D eigenvalue weighted by Crippen LogP contribution is -2.36. The van der Waals surface area contributed by atoms with E-state index >= 15 is 0 Å². The number of hydrogen-bond donors (Lipinski definition) is 1. The fourth-order valence-electron chi connectivity index (χ4n) is 1.62. The molecule has 0 radical (unpaired) electrons. The van der Waals surface area contributed by atoms with Gasteiger partial charge in [0.2, 0.25) is 0 Å². The molecule has 2 atom stereocenters. The highest BCUT2D eigenvalue weighted by Gasteiger charge is 2.19. The first-order valence-corrected chi connectivity index (χ1v) is 6.94. The van der Waals surface area contributed by atoms with E-state index in [1.165, 1.54) is 0 Å². The highest BCUT2D eigenvalue weighted by atomic mass is 35.5. The van der Waals surface area contributed by atoms with Gasteiger partial charge in [-0.05, 0) is 17.7 Å².